The monoisotopic (exact) mass is 424 g/mol. The van der Waals surface area contributed by atoms with Crippen LogP contribution in [-0.4, -0.2) is 34.9 Å². The first kappa shape index (κ1) is 21.3. The molecule has 4 aromatic rings. The minimum atomic E-state index is -0.138. The average molecular weight is 425 g/mol. The standard InChI is InChI=1S/C26H24N4O2/c1-31-23-12-11-22(28-17-23)16-30-26(21-7-3-2-4-8-21)19-32-18-20-10-13-25(29-15-20)24-9-5-6-14-27-24/h2-17,26H,18-19H2,1H3/t26-/m1/s1. The van der Waals surface area contributed by atoms with E-state index in [1.807, 2.05) is 66.9 Å². The molecule has 0 aliphatic rings. The Hall–Kier alpha value is -3.90. The van der Waals surface area contributed by atoms with Gasteiger partial charge in [-0.1, -0.05) is 42.5 Å². The number of methoxy groups -OCH3 is 1. The zero-order valence-corrected chi connectivity index (χ0v) is 17.8. The minimum absolute atomic E-state index is 0.138. The number of hydrogen-bond acceptors (Lipinski definition) is 6. The summed E-state index contributed by atoms with van der Waals surface area (Å²) < 4.78 is 11.2. The van der Waals surface area contributed by atoms with Gasteiger partial charge in [0.15, 0.2) is 0 Å². The summed E-state index contributed by atoms with van der Waals surface area (Å²) in [6, 6.07) is 23.5. The van der Waals surface area contributed by atoms with E-state index in [9.17, 15) is 0 Å². The van der Waals surface area contributed by atoms with Gasteiger partial charge in [-0.25, -0.2) is 0 Å². The third-order valence-electron chi connectivity index (χ3n) is 4.86. The fraction of sp³-hybridized carbons (Fsp3) is 0.154. The van der Waals surface area contributed by atoms with Crippen LogP contribution in [0.2, 0.25) is 0 Å². The Morgan fingerprint density at radius 2 is 1.69 bits per heavy atom. The van der Waals surface area contributed by atoms with E-state index in [1.165, 1.54) is 0 Å². The Morgan fingerprint density at radius 1 is 0.844 bits per heavy atom. The molecule has 32 heavy (non-hydrogen) atoms. The maximum absolute atomic E-state index is 6.00. The lowest BCUT2D eigenvalue weighted by Crippen LogP contribution is -2.07. The molecule has 0 aliphatic heterocycles. The fourth-order valence-electron chi connectivity index (χ4n) is 3.12. The largest absolute Gasteiger partial charge is 0.495 e. The van der Waals surface area contributed by atoms with Crippen molar-refractivity contribution in [1.82, 2.24) is 15.0 Å². The van der Waals surface area contributed by atoms with Crippen molar-refractivity contribution in [3.05, 3.63) is 108 Å². The van der Waals surface area contributed by atoms with Crippen molar-refractivity contribution in [1.29, 1.82) is 0 Å². The molecule has 3 aromatic heterocycles. The zero-order valence-electron chi connectivity index (χ0n) is 17.8. The number of nitrogens with zero attached hydrogens (tertiary/aromatic N) is 4. The number of hydrogen-bond donors (Lipinski definition) is 0. The van der Waals surface area contributed by atoms with Gasteiger partial charge in [-0.15, -0.1) is 0 Å². The first-order valence-corrected chi connectivity index (χ1v) is 10.3. The van der Waals surface area contributed by atoms with Crippen molar-refractivity contribution < 1.29 is 9.47 Å². The molecule has 160 valence electrons. The Labute approximate surface area is 187 Å². The Kier molecular flexibility index (Phi) is 7.29. The van der Waals surface area contributed by atoms with Gasteiger partial charge in [-0.05, 0) is 41.5 Å². The lowest BCUT2D eigenvalue weighted by Gasteiger charge is -2.14. The van der Waals surface area contributed by atoms with Crippen LogP contribution < -0.4 is 4.74 Å². The third kappa shape index (κ3) is 5.83. The van der Waals surface area contributed by atoms with Gasteiger partial charge in [0.1, 0.15) is 5.75 Å². The molecule has 3 heterocycles. The van der Waals surface area contributed by atoms with Crippen molar-refractivity contribution >= 4 is 6.21 Å². The molecule has 0 saturated heterocycles. The van der Waals surface area contributed by atoms with Gasteiger partial charge >= 0.3 is 0 Å². The van der Waals surface area contributed by atoms with E-state index < -0.39 is 0 Å². The van der Waals surface area contributed by atoms with Gasteiger partial charge in [0.05, 0.1) is 49.6 Å². The first-order valence-electron chi connectivity index (χ1n) is 10.3. The summed E-state index contributed by atoms with van der Waals surface area (Å²) in [5, 5.41) is 0. The van der Waals surface area contributed by atoms with Crippen LogP contribution in [0.15, 0.2) is 96.4 Å². The normalized spacial score (nSPS) is 12.0. The van der Waals surface area contributed by atoms with E-state index >= 15 is 0 Å². The van der Waals surface area contributed by atoms with Crippen LogP contribution in [-0.2, 0) is 11.3 Å². The molecule has 0 saturated carbocycles. The summed E-state index contributed by atoms with van der Waals surface area (Å²) in [5.74, 6) is 0.716. The molecular formula is C26H24N4O2. The molecule has 0 spiro atoms. The maximum Gasteiger partial charge on any atom is 0.137 e. The van der Waals surface area contributed by atoms with Crippen LogP contribution in [0.1, 0.15) is 22.9 Å². The molecule has 0 aliphatic carbocycles. The van der Waals surface area contributed by atoms with Gasteiger partial charge < -0.3 is 9.47 Å². The summed E-state index contributed by atoms with van der Waals surface area (Å²) in [6.07, 6.45) is 7.03. The molecule has 0 fully saturated rings. The van der Waals surface area contributed by atoms with Crippen LogP contribution in [0.5, 0.6) is 5.75 Å². The van der Waals surface area contributed by atoms with E-state index in [-0.39, 0.29) is 6.04 Å². The Bertz CT molecular complexity index is 1120. The van der Waals surface area contributed by atoms with Gasteiger partial charge in [0, 0.05) is 18.6 Å². The molecule has 4 rings (SSSR count). The number of pyridine rings is 3. The van der Waals surface area contributed by atoms with Crippen LogP contribution in [0.25, 0.3) is 11.4 Å². The minimum Gasteiger partial charge on any atom is -0.495 e. The van der Waals surface area contributed by atoms with Crippen LogP contribution in [0, 0.1) is 0 Å². The molecule has 0 unspecified atom stereocenters. The summed E-state index contributed by atoms with van der Waals surface area (Å²) in [5.41, 5.74) is 4.54. The van der Waals surface area contributed by atoms with Crippen LogP contribution >= 0.6 is 0 Å². The molecule has 1 aromatic carbocycles. The highest BCUT2D eigenvalue weighted by Gasteiger charge is 2.10. The topological polar surface area (TPSA) is 69.5 Å². The number of benzene rings is 1. The second kappa shape index (κ2) is 10.9. The predicted molar refractivity (Wildman–Crippen MR) is 125 cm³/mol. The lowest BCUT2D eigenvalue weighted by atomic mass is 10.1. The van der Waals surface area contributed by atoms with E-state index in [2.05, 4.69) is 27.1 Å². The van der Waals surface area contributed by atoms with Gasteiger partial charge in [-0.2, -0.15) is 0 Å². The highest BCUT2D eigenvalue weighted by molar-refractivity contribution is 5.77. The summed E-state index contributed by atoms with van der Waals surface area (Å²) in [4.78, 5) is 17.9. The summed E-state index contributed by atoms with van der Waals surface area (Å²) >= 11 is 0. The second-order valence-electron chi connectivity index (χ2n) is 7.11. The van der Waals surface area contributed by atoms with Gasteiger partial charge in [0.25, 0.3) is 0 Å². The van der Waals surface area contributed by atoms with Crippen LogP contribution in [0.3, 0.4) is 0 Å². The molecule has 6 nitrogen and oxygen atoms in total. The molecular weight excluding hydrogens is 400 g/mol. The van der Waals surface area contributed by atoms with E-state index in [1.54, 1.807) is 25.7 Å². The van der Waals surface area contributed by atoms with E-state index in [0.29, 0.717) is 19.0 Å². The Morgan fingerprint density at radius 3 is 2.38 bits per heavy atom. The van der Waals surface area contributed by atoms with Crippen molar-refractivity contribution in [3.63, 3.8) is 0 Å². The molecule has 0 bridgehead atoms. The lowest BCUT2D eigenvalue weighted by molar-refractivity contribution is 0.108. The number of ether oxygens (including phenoxy) is 2. The van der Waals surface area contributed by atoms with Crippen LogP contribution in [0.4, 0.5) is 0 Å². The summed E-state index contributed by atoms with van der Waals surface area (Å²) in [6.45, 7) is 0.897. The Balaban J connectivity index is 1.39. The number of rotatable bonds is 9. The quantitative estimate of drug-likeness (QED) is 0.357. The third-order valence-corrected chi connectivity index (χ3v) is 4.86. The second-order valence-corrected chi connectivity index (χ2v) is 7.11. The SMILES string of the molecule is COc1ccc(C=N[C@H](COCc2ccc(-c3ccccn3)nc2)c2ccccc2)nc1. The van der Waals surface area contributed by atoms with Crippen molar-refractivity contribution in [2.75, 3.05) is 13.7 Å². The van der Waals surface area contributed by atoms with E-state index in [0.717, 1.165) is 28.2 Å². The predicted octanol–water partition coefficient (Wildman–Crippen LogP) is 4.92. The highest BCUT2D eigenvalue weighted by atomic mass is 16.5. The number of aliphatic imine (C=N–C) groups is 1. The van der Waals surface area contributed by atoms with E-state index in [4.69, 9.17) is 14.5 Å². The van der Waals surface area contributed by atoms with Gasteiger partial charge in [0.2, 0.25) is 0 Å². The molecule has 0 radical (unpaired) electrons. The summed E-state index contributed by atoms with van der Waals surface area (Å²) in [7, 11) is 1.62. The fourth-order valence-corrected chi connectivity index (χ4v) is 3.12. The zero-order chi connectivity index (χ0) is 22.0. The number of aromatic nitrogens is 3. The van der Waals surface area contributed by atoms with Crippen molar-refractivity contribution in [3.8, 4) is 17.1 Å². The average Bonchev–Trinajstić information content (AvgIpc) is 2.88. The smallest absolute Gasteiger partial charge is 0.137 e. The maximum atomic E-state index is 6.00. The van der Waals surface area contributed by atoms with Crippen molar-refractivity contribution in [2.45, 2.75) is 12.6 Å². The molecule has 1 atom stereocenters. The highest BCUT2D eigenvalue weighted by Crippen LogP contribution is 2.19. The molecule has 0 N–H and O–H groups in total. The molecule has 0 amide bonds. The van der Waals surface area contributed by atoms with Gasteiger partial charge in [-0.3, -0.25) is 19.9 Å². The first-order chi connectivity index (χ1) is 15.8. The van der Waals surface area contributed by atoms with Crippen molar-refractivity contribution in [2.24, 2.45) is 4.99 Å². The molecule has 6 heteroatoms.